The molecule has 6 heteroatoms. The van der Waals surface area contributed by atoms with E-state index in [-0.39, 0.29) is 24.4 Å². The van der Waals surface area contributed by atoms with Gasteiger partial charge in [0.2, 0.25) is 0 Å². The van der Waals surface area contributed by atoms with Crippen molar-refractivity contribution in [1.82, 2.24) is 19.8 Å². The third-order valence-corrected chi connectivity index (χ3v) is 5.26. The molecule has 3 rings (SSSR count). The zero-order valence-corrected chi connectivity index (χ0v) is 16.4. The number of rotatable bonds is 6. The molecular formula is C20H29ClN4O. The SMILES string of the molecule is CCN(CC)[C@@H]1CCCC[C@H]1NC(=O)c1ccc(-n2ccnc2)cc1.Cl. The molecule has 2 aromatic rings. The van der Waals surface area contributed by atoms with Gasteiger partial charge in [-0.25, -0.2) is 4.98 Å². The fraction of sp³-hybridized carbons (Fsp3) is 0.500. The van der Waals surface area contributed by atoms with Crippen LogP contribution in [0, 0.1) is 0 Å². The van der Waals surface area contributed by atoms with Crippen LogP contribution >= 0.6 is 12.4 Å². The number of likely N-dealkylation sites (N-methyl/N-ethyl adjacent to an activating group) is 1. The molecule has 0 saturated heterocycles. The van der Waals surface area contributed by atoms with Crippen LogP contribution in [0.3, 0.4) is 0 Å². The largest absolute Gasteiger partial charge is 0.348 e. The minimum atomic E-state index is 0. The number of nitrogens with zero attached hydrogens (tertiary/aromatic N) is 3. The molecule has 1 amide bonds. The average molecular weight is 377 g/mol. The van der Waals surface area contributed by atoms with Crippen molar-refractivity contribution in [2.24, 2.45) is 0 Å². The Labute approximate surface area is 162 Å². The quantitative estimate of drug-likeness (QED) is 0.836. The highest BCUT2D eigenvalue weighted by Crippen LogP contribution is 2.23. The first kappa shape index (κ1) is 20.5. The van der Waals surface area contributed by atoms with Crippen molar-refractivity contribution in [2.45, 2.75) is 51.6 Å². The zero-order valence-electron chi connectivity index (χ0n) is 15.6. The number of benzene rings is 1. The van der Waals surface area contributed by atoms with E-state index < -0.39 is 0 Å². The van der Waals surface area contributed by atoms with Gasteiger partial charge in [0.15, 0.2) is 0 Å². The van der Waals surface area contributed by atoms with Crippen LogP contribution in [-0.2, 0) is 0 Å². The monoisotopic (exact) mass is 376 g/mol. The van der Waals surface area contributed by atoms with Crippen molar-refractivity contribution in [1.29, 1.82) is 0 Å². The van der Waals surface area contributed by atoms with E-state index in [1.165, 1.54) is 19.3 Å². The molecular weight excluding hydrogens is 348 g/mol. The Hall–Kier alpha value is -1.85. The fourth-order valence-corrected chi connectivity index (χ4v) is 3.86. The van der Waals surface area contributed by atoms with Crippen LogP contribution in [0.15, 0.2) is 43.0 Å². The van der Waals surface area contributed by atoms with Crippen molar-refractivity contribution in [3.63, 3.8) is 0 Å². The summed E-state index contributed by atoms with van der Waals surface area (Å²) in [6.45, 7) is 6.47. The van der Waals surface area contributed by atoms with Gasteiger partial charge in [-0.2, -0.15) is 0 Å². The maximum Gasteiger partial charge on any atom is 0.251 e. The molecule has 2 atom stereocenters. The summed E-state index contributed by atoms with van der Waals surface area (Å²) < 4.78 is 1.93. The molecule has 1 N–H and O–H groups in total. The summed E-state index contributed by atoms with van der Waals surface area (Å²) in [5.41, 5.74) is 1.72. The van der Waals surface area contributed by atoms with Crippen LogP contribution in [0.5, 0.6) is 0 Å². The summed E-state index contributed by atoms with van der Waals surface area (Å²) in [6.07, 6.45) is 10.1. The van der Waals surface area contributed by atoms with Gasteiger partial charge < -0.3 is 9.88 Å². The third-order valence-electron chi connectivity index (χ3n) is 5.26. The maximum atomic E-state index is 12.7. The van der Waals surface area contributed by atoms with Gasteiger partial charge in [-0.3, -0.25) is 9.69 Å². The van der Waals surface area contributed by atoms with Crippen LogP contribution in [0.25, 0.3) is 5.69 Å². The highest BCUT2D eigenvalue weighted by molar-refractivity contribution is 5.94. The van der Waals surface area contributed by atoms with Crippen molar-refractivity contribution >= 4 is 18.3 Å². The van der Waals surface area contributed by atoms with Crippen LogP contribution in [0.4, 0.5) is 0 Å². The second-order valence-electron chi connectivity index (χ2n) is 6.67. The number of aromatic nitrogens is 2. The van der Waals surface area contributed by atoms with Gasteiger partial charge in [-0.05, 0) is 50.2 Å². The number of hydrogen-bond acceptors (Lipinski definition) is 3. The van der Waals surface area contributed by atoms with E-state index in [2.05, 4.69) is 29.0 Å². The van der Waals surface area contributed by atoms with E-state index in [0.29, 0.717) is 11.6 Å². The fourth-order valence-electron chi connectivity index (χ4n) is 3.86. The lowest BCUT2D eigenvalue weighted by atomic mass is 9.88. The summed E-state index contributed by atoms with van der Waals surface area (Å²) in [4.78, 5) is 19.2. The number of carbonyl (C=O) groups excluding carboxylic acids is 1. The van der Waals surface area contributed by atoms with Crippen LogP contribution in [0.2, 0.25) is 0 Å². The number of nitrogens with one attached hydrogen (secondary N) is 1. The molecule has 142 valence electrons. The van der Waals surface area contributed by atoms with E-state index in [1.54, 1.807) is 12.5 Å². The molecule has 1 heterocycles. The summed E-state index contributed by atoms with van der Waals surface area (Å²) >= 11 is 0. The highest BCUT2D eigenvalue weighted by Gasteiger charge is 2.30. The van der Waals surface area contributed by atoms with Crippen molar-refractivity contribution in [2.75, 3.05) is 13.1 Å². The third kappa shape index (κ3) is 4.65. The summed E-state index contributed by atoms with van der Waals surface area (Å²) in [6, 6.07) is 8.39. The van der Waals surface area contributed by atoms with Gasteiger partial charge in [0.05, 0.1) is 6.33 Å². The molecule has 0 spiro atoms. The van der Waals surface area contributed by atoms with Gasteiger partial charge in [-0.15, -0.1) is 12.4 Å². The van der Waals surface area contributed by atoms with E-state index >= 15 is 0 Å². The van der Waals surface area contributed by atoms with Crippen molar-refractivity contribution in [3.8, 4) is 5.69 Å². The van der Waals surface area contributed by atoms with Crippen molar-refractivity contribution < 1.29 is 4.79 Å². The lowest BCUT2D eigenvalue weighted by Gasteiger charge is -2.39. The molecule has 1 aromatic carbocycles. The predicted octanol–water partition coefficient (Wildman–Crippen LogP) is 3.68. The second kappa shape index (κ2) is 9.74. The lowest BCUT2D eigenvalue weighted by Crippen LogP contribution is -2.53. The summed E-state index contributed by atoms with van der Waals surface area (Å²) in [5.74, 6) is 0.0289. The Morgan fingerprint density at radius 2 is 1.88 bits per heavy atom. The minimum absolute atomic E-state index is 0. The Bertz CT molecular complexity index is 668. The molecule has 26 heavy (non-hydrogen) atoms. The molecule has 0 aliphatic heterocycles. The number of hydrogen-bond donors (Lipinski definition) is 1. The Morgan fingerprint density at radius 3 is 2.50 bits per heavy atom. The zero-order chi connectivity index (χ0) is 17.6. The van der Waals surface area contributed by atoms with Gasteiger partial charge >= 0.3 is 0 Å². The summed E-state index contributed by atoms with van der Waals surface area (Å²) in [7, 11) is 0. The Morgan fingerprint density at radius 1 is 1.19 bits per heavy atom. The highest BCUT2D eigenvalue weighted by atomic mass is 35.5. The van der Waals surface area contributed by atoms with E-state index in [9.17, 15) is 4.79 Å². The van der Waals surface area contributed by atoms with Crippen molar-refractivity contribution in [3.05, 3.63) is 48.5 Å². The van der Waals surface area contributed by atoms with Gasteiger partial charge in [-0.1, -0.05) is 26.7 Å². The number of amides is 1. The molecule has 1 aromatic heterocycles. The topological polar surface area (TPSA) is 50.2 Å². The van der Waals surface area contributed by atoms with E-state index in [0.717, 1.165) is 25.2 Å². The smallest absolute Gasteiger partial charge is 0.251 e. The average Bonchev–Trinajstić information content (AvgIpc) is 3.19. The summed E-state index contributed by atoms with van der Waals surface area (Å²) in [5, 5.41) is 3.29. The van der Waals surface area contributed by atoms with Crippen LogP contribution < -0.4 is 5.32 Å². The molecule has 1 aliphatic carbocycles. The standard InChI is InChI=1S/C20H28N4O.ClH/c1-3-23(4-2)19-8-6-5-7-18(19)22-20(25)16-9-11-17(12-10-16)24-14-13-21-15-24;/h9-15,18-19H,3-8H2,1-2H3,(H,22,25);1H/t18-,19-;/m1./s1. The molecule has 1 fully saturated rings. The lowest BCUT2D eigenvalue weighted by molar-refractivity contribution is 0.0846. The first-order chi connectivity index (χ1) is 12.2. The number of carbonyl (C=O) groups is 1. The van der Waals surface area contributed by atoms with E-state index in [1.807, 2.05) is 35.0 Å². The Kier molecular flexibility index (Phi) is 7.66. The molecule has 1 saturated carbocycles. The maximum absolute atomic E-state index is 12.7. The van der Waals surface area contributed by atoms with Crippen LogP contribution in [0.1, 0.15) is 49.9 Å². The number of imidazole rings is 1. The predicted molar refractivity (Wildman–Crippen MR) is 107 cm³/mol. The first-order valence-corrected chi connectivity index (χ1v) is 9.36. The second-order valence-corrected chi connectivity index (χ2v) is 6.67. The van der Waals surface area contributed by atoms with Gasteiger partial charge in [0, 0.05) is 35.7 Å². The van der Waals surface area contributed by atoms with Crippen LogP contribution in [-0.4, -0.2) is 45.5 Å². The Balaban J connectivity index is 0.00000243. The molecule has 0 radical (unpaired) electrons. The normalized spacial score (nSPS) is 19.8. The van der Waals surface area contributed by atoms with Gasteiger partial charge in [0.1, 0.15) is 0 Å². The molecule has 1 aliphatic rings. The van der Waals surface area contributed by atoms with Gasteiger partial charge in [0.25, 0.3) is 5.91 Å². The number of halogens is 1. The first-order valence-electron chi connectivity index (χ1n) is 9.36. The van der Waals surface area contributed by atoms with E-state index in [4.69, 9.17) is 0 Å². The molecule has 0 unspecified atom stereocenters. The minimum Gasteiger partial charge on any atom is -0.348 e. The molecule has 0 bridgehead atoms. The molecule has 5 nitrogen and oxygen atoms in total.